The number of hydrogen-bond donors (Lipinski definition) is 2. The summed E-state index contributed by atoms with van der Waals surface area (Å²) in [7, 11) is 0. The summed E-state index contributed by atoms with van der Waals surface area (Å²) in [4.78, 5) is 0. The molecule has 0 saturated carbocycles. The maximum Gasteiger partial charge on any atom is 0.0636 e. The standard InChI is InChI=1S/C9H10ClNO/c10-7-2-1-6-3-8(5-12)11-9(6)4-7/h1-2,4,8,11-12H,3,5H2. The number of aliphatic hydroxyl groups excluding tert-OH is 1. The molecular weight excluding hydrogens is 174 g/mol. The zero-order valence-electron chi connectivity index (χ0n) is 6.55. The van der Waals surface area contributed by atoms with Crippen molar-refractivity contribution in [3.8, 4) is 0 Å². The molecule has 0 saturated heterocycles. The van der Waals surface area contributed by atoms with E-state index in [1.165, 1.54) is 5.56 Å². The van der Waals surface area contributed by atoms with Crippen LogP contribution in [0.4, 0.5) is 5.69 Å². The first-order chi connectivity index (χ1) is 5.79. The van der Waals surface area contributed by atoms with Gasteiger partial charge in [-0.15, -0.1) is 0 Å². The molecule has 64 valence electrons. The summed E-state index contributed by atoms with van der Waals surface area (Å²) in [6.07, 6.45) is 0.892. The lowest BCUT2D eigenvalue weighted by atomic mass is 10.1. The molecule has 1 aliphatic heterocycles. The van der Waals surface area contributed by atoms with Crippen molar-refractivity contribution in [2.45, 2.75) is 12.5 Å². The van der Waals surface area contributed by atoms with Gasteiger partial charge in [-0.2, -0.15) is 0 Å². The van der Waals surface area contributed by atoms with Gasteiger partial charge in [-0.25, -0.2) is 0 Å². The molecule has 1 aromatic rings. The molecule has 0 aromatic heterocycles. The molecule has 1 aliphatic rings. The minimum absolute atomic E-state index is 0.165. The Bertz CT molecular complexity index is 301. The lowest BCUT2D eigenvalue weighted by molar-refractivity contribution is 0.277. The van der Waals surface area contributed by atoms with E-state index < -0.39 is 0 Å². The van der Waals surface area contributed by atoms with Crippen molar-refractivity contribution < 1.29 is 5.11 Å². The van der Waals surface area contributed by atoms with Gasteiger partial charge in [0.2, 0.25) is 0 Å². The van der Waals surface area contributed by atoms with Crippen LogP contribution in [0.25, 0.3) is 0 Å². The van der Waals surface area contributed by atoms with Gasteiger partial charge in [0.15, 0.2) is 0 Å². The Kier molecular flexibility index (Phi) is 1.95. The van der Waals surface area contributed by atoms with Crippen molar-refractivity contribution in [1.82, 2.24) is 0 Å². The summed E-state index contributed by atoms with van der Waals surface area (Å²) < 4.78 is 0. The Labute approximate surface area is 76.2 Å². The second-order valence-corrected chi connectivity index (χ2v) is 3.47. The van der Waals surface area contributed by atoms with Crippen LogP contribution < -0.4 is 5.32 Å². The zero-order valence-corrected chi connectivity index (χ0v) is 7.30. The van der Waals surface area contributed by atoms with Gasteiger partial charge < -0.3 is 10.4 Å². The van der Waals surface area contributed by atoms with Gasteiger partial charge in [0, 0.05) is 10.7 Å². The van der Waals surface area contributed by atoms with Crippen molar-refractivity contribution >= 4 is 17.3 Å². The average Bonchev–Trinajstić information content (AvgIpc) is 2.46. The van der Waals surface area contributed by atoms with Crippen molar-refractivity contribution in [2.24, 2.45) is 0 Å². The molecule has 0 bridgehead atoms. The molecule has 2 rings (SSSR count). The summed E-state index contributed by atoms with van der Waals surface area (Å²) >= 11 is 5.81. The number of benzene rings is 1. The second kappa shape index (κ2) is 2.96. The SMILES string of the molecule is OCC1Cc2ccc(Cl)cc2N1. The number of hydrogen-bond acceptors (Lipinski definition) is 2. The Balaban J connectivity index is 2.30. The smallest absolute Gasteiger partial charge is 0.0636 e. The van der Waals surface area contributed by atoms with E-state index in [0.717, 1.165) is 17.1 Å². The summed E-state index contributed by atoms with van der Waals surface area (Å²) in [5, 5.41) is 12.8. The lowest BCUT2D eigenvalue weighted by Gasteiger charge is -2.05. The Morgan fingerprint density at radius 1 is 1.58 bits per heavy atom. The predicted octanol–water partition coefficient (Wildman–Crippen LogP) is 1.67. The van der Waals surface area contributed by atoms with Crippen molar-refractivity contribution in [2.75, 3.05) is 11.9 Å². The highest BCUT2D eigenvalue weighted by Gasteiger charge is 2.19. The molecule has 3 heteroatoms. The van der Waals surface area contributed by atoms with Crippen molar-refractivity contribution in [3.63, 3.8) is 0 Å². The van der Waals surface area contributed by atoms with E-state index in [-0.39, 0.29) is 12.6 Å². The molecule has 2 nitrogen and oxygen atoms in total. The minimum Gasteiger partial charge on any atom is -0.394 e. The van der Waals surface area contributed by atoms with E-state index in [1.807, 2.05) is 18.2 Å². The lowest BCUT2D eigenvalue weighted by Crippen LogP contribution is -2.19. The van der Waals surface area contributed by atoms with E-state index >= 15 is 0 Å². The van der Waals surface area contributed by atoms with E-state index in [4.69, 9.17) is 16.7 Å². The summed E-state index contributed by atoms with van der Waals surface area (Å²) in [5.41, 5.74) is 2.29. The van der Waals surface area contributed by atoms with Gasteiger partial charge in [0.25, 0.3) is 0 Å². The molecule has 0 aliphatic carbocycles. The van der Waals surface area contributed by atoms with Crippen LogP contribution in [0.3, 0.4) is 0 Å². The number of rotatable bonds is 1. The van der Waals surface area contributed by atoms with Crippen LogP contribution in [0.5, 0.6) is 0 Å². The normalized spacial score (nSPS) is 20.3. The highest BCUT2D eigenvalue weighted by atomic mass is 35.5. The molecular formula is C9H10ClNO. The van der Waals surface area contributed by atoms with Gasteiger partial charge in [0.05, 0.1) is 12.6 Å². The third kappa shape index (κ3) is 1.28. The van der Waals surface area contributed by atoms with Crippen molar-refractivity contribution in [1.29, 1.82) is 0 Å². The molecule has 1 atom stereocenters. The van der Waals surface area contributed by atoms with Gasteiger partial charge in [-0.3, -0.25) is 0 Å². The third-order valence-electron chi connectivity index (χ3n) is 2.12. The fourth-order valence-electron chi connectivity index (χ4n) is 1.51. The maximum atomic E-state index is 8.91. The first-order valence-corrected chi connectivity index (χ1v) is 4.33. The molecule has 1 heterocycles. The maximum absolute atomic E-state index is 8.91. The molecule has 0 fully saturated rings. The first kappa shape index (κ1) is 7.90. The molecule has 0 spiro atoms. The third-order valence-corrected chi connectivity index (χ3v) is 2.35. The molecule has 1 aromatic carbocycles. The average molecular weight is 184 g/mol. The fourth-order valence-corrected chi connectivity index (χ4v) is 1.68. The summed E-state index contributed by atoms with van der Waals surface area (Å²) in [6.45, 7) is 0.173. The number of aliphatic hydroxyl groups is 1. The van der Waals surface area contributed by atoms with E-state index in [9.17, 15) is 0 Å². The summed E-state index contributed by atoms with van der Waals surface area (Å²) in [5.74, 6) is 0. The zero-order chi connectivity index (χ0) is 8.55. The van der Waals surface area contributed by atoms with E-state index in [0.29, 0.717) is 0 Å². The second-order valence-electron chi connectivity index (χ2n) is 3.03. The first-order valence-electron chi connectivity index (χ1n) is 3.95. The topological polar surface area (TPSA) is 32.3 Å². The van der Waals surface area contributed by atoms with E-state index in [2.05, 4.69) is 5.32 Å². The Hall–Kier alpha value is -0.730. The highest BCUT2D eigenvalue weighted by Crippen LogP contribution is 2.28. The van der Waals surface area contributed by atoms with Crippen LogP contribution in [-0.2, 0) is 6.42 Å². The largest absolute Gasteiger partial charge is 0.394 e. The van der Waals surface area contributed by atoms with Gasteiger partial charge >= 0.3 is 0 Å². The number of fused-ring (bicyclic) bond motifs is 1. The van der Waals surface area contributed by atoms with Crippen LogP contribution in [0.2, 0.25) is 5.02 Å². The Morgan fingerprint density at radius 3 is 3.17 bits per heavy atom. The Morgan fingerprint density at radius 2 is 2.42 bits per heavy atom. The quantitative estimate of drug-likeness (QED) is 0.694. The van der Waals surface area contributed by atoms with Gasteiger partial charge in [-0.1, -0.05) is 17.7 Å². The molecule has 2 N–H and O–H groups in total. The van der Waals surface area contributed by atoms with Crippen molar-refractivity contribution in [3.05, 3.63) is 28.8 Å². The predicted molar refractivity (Wildman–Crippen MR) is 49.7 cm³/mol. The molecule has 1 unspecified atom stereocenters. The molecule has 0 amide bonds. The number of nitrogens with one attached hydrogen (secondary N) is 1. The summed E-state index contributed by atoms with van der Waals surface area (Å²) in [6, 6.07) is 5.94. The fraction of sp³-hybridized carbons (Fsp3) is 0.333. The van der Waals surface area contributed by atoms with E-state index in [1.54, 1.807) is 0 Å². The molecule has 0 radical (unpaired) electrons. The van der Waals surface area contributed by atoms with Gasteiger partial charge in [0.1, 0.15) is 0 Å². The minimum atomic E-state index is 0.165. The van der Waals surface area contributed by atoms with Crippen LogP contribution in [-0.4, -0.2) is 17.8 Å². The van der Waals surface area contributed by atoms with Gasteiger partial charge in [-0.05, 0) is 24.1 Å². The van der Waals surface area contributed by atoms with Crippen LogP contribution in [0.1, 0.15) is 5.56 Å². The van der Waals surface area contributed by atoms with Crippen LogP contribution in [0.15, 0.2) is 18.2 Å². The molecule has 12 heavy (non-hydrogen) atoms. The number of halogens is 1. The van der Waals surface area contributed by atoms with Crippen LogP contribution in [0, 0.1) is 0 Å². The monoisotopic (exact) mass is 183 g/mol. The highest BCUT2D eigenvalue weighted by molar-refractivity contribution is 6.30. The van der Waals surface area contributed by atoms with Crippen LogP contribution >= 0.6 is 11.6 Å². The number of anilines is 1.